The molecule has 1 atom stereocenters. The van der Waals surface area contributed by atoms with Gasteiger partial charge in [0.15, 0.2) is 0 Å². The smallest absolute Gasteiger partial charge is 0.307 e. The molecule has 0 heterocycles. The Bertz CT molecular complexity index is 143. The number of carboxylic acids is 1. The normalized spacial score (nSPS) is 11.5. The summed E-state index contributed by atoms with van der Waals surface area (Å²) >= 11 is 0. The first-order chi connectivity index (χ1) is 5.68. The van der Waals surface area contributed by atoms with Crippen LogP contribution in [0.3, 0.4) is 0 Å². The van der Waals surface area contributed by atoms with Crippen LogP contribution in [0.2, 0.25) is 0 Å². The van der Waals surface area contributed by atoms with Crippen molar-refractivity contribution in [1.82, 2.24) is 5.32 Å². The summed E-state index contributed by atoms with van der Waals surface area (Å²) in [7, 11) is 0. The Morgan fingerprint density at radius 1 is 1.67 bits per heavy atom. The molecule has 0 saturated carbocycles. The van der Waals surface area contributed by atoms with E-state index in [0.29, 0.717) is 6.54 Å². The molecular weight excluding hydrogens is 154 g/mol. The maximum absolute atomic E-state index is 10.2. The average Bonchev–Trinajstić information content (AvgIpc) is 2.08. The highest BCUT2D eigenvalue weighted by Crippen LogP contribution is 1.90. The van der Waals surface area contributed by atoms with Crippen molar-refractivity contribution in [1.29, 1.82) is 0 Å². The second-order valence-corrected chi connectivity index (χ2v) is 2.15. The van der Waals surface area contributed by atoms with E-state index in [1.807, 2.05) is 13.0 Å². The van der Waals surface area contributed by atoms with Gasteiger partial charge in [-0.1, -0.05) is 13.0 Å². The van der Waals surface area contributed by atoms with Crippen molar-refractivity contribution in [3.05, 3.63) is 25.4 Å². The lowest BCUT2D eigenvalue weighted by atomic mass is 10.2. The zero-order chi connectivity index (χ0) is 9.98. The summed E-state index contributed by atoms with van der Waals surface area (Å²) in [5.74, 6) is -1.09. The lowest BCUT2D eigenvalue weighted by Crippen LogP contribution is -2.22. The minimum Gasteiger partial charge on any atom is -0.481 e. The number of carboxylic acid groups (broad SMARTS) is 1. The van der Waals surface area contributed by atoms with Gasteiger partial charge in [-0.05, 0) is 13.1 Å². The van der Waals surface area contributed by atoms with Crippen LogP contribution in [0.1, 0.15) is 13.8 Å². The van der Waals surface area contributed by atoms with Gasteiger partial charge in [-0.2, -0.15) is 0 Å². The molecule has 0 spiro atoms. The molecule has 0 aliphatic carbocycles. The Balaban J connectivity index is 0. The van der Waals surface area contributed by atoms with E-state index in [1.54, 1.807) is 13.1 Å². The SMILES string of the molecule is C=C.CC=CNCC(C)C(=O)O. The molecule has 2 N–H and O–H groups in total. The highest BCUT2D eigenvalue weighted by molar-refractivity contribution is 5.69. The molecule has 0 aromatic rings. The molecule has 0 rings (SSSR count). The van der Waals surface area contributed by atoms with Gasteiger partial charge in [0.2, 0.25) is 0 Å². The fraction of sp³-hybridized carbons (Fsp3) is 0.444. The molecule has 0 radical (unpaired) electrons. The summed E-state index contributed by atoms with van der Waals surface area (Å²) in [4.78, 5) is 10.2. The van der Waals surface area contributed by atoms with Crippen LogP contribution in [0.15, 0.2) is 25.4 Å². The van der Waals surface area contributed by atoms with Crippen LogP contribution in [-0.4, -0.2) is 17.6 Å². The molecule has 70 valence electrons. The Morgan fingerprint density at radius 3 is 2.50 bits per heavy atom. The van der Waals surface area contributed by atoms with Crippen molar-refractivity contribution >= 4 is 5.97 Å². The topological polar surface area (TPSA) is 49.3 Å². The van der Waals surface area contributed by atoms with Gasteiger partial charge in [0.05, 0.1) is 5.92 Å². The lowest BCUT2D eigenvalue weighted by Gasteiger charge is -2.03. The van der Waals surface area contributed by atoms with Gasteiger partial charge in [0, 0.05) is 6.54 Å². The molecular formula is C9H17NO2. The summed E-state index contributed by atoms with van der Waals surface area (Å²) in [5, 5.41) is 11.3. The number of carbonyl (C=O) groups is 1. The number of hydrogen-bond donors (Lipinski definition) is 2. The predicted molar refractivity (Wildman–Crippen MR) is 50.9 cm³/mol. The van der Waals surface area contributed by atoms with E-state index >= 15 is 0 Å². The van der Waals surface area contributed by atoms with E-state index in [1.165, 1.54) is 0 Å². The van der Waals surface area contributed by atoms with Gasteiger partial charge in [-0.15, -0.1) is 13.2 Å². The summed E-state index contributed by atoms with van der Waals surface area (Å²) in [5.41, 5.74) is 0. The molecule has 3 nitrogen and oxygen atoms in total. The first kappa shape index (κ1) is 13.3. The Hall–Kier alpha value is -1.25. The Labute approximate surface area is 73.8 Å². The average molecular weight is 171 g/mol. The number of nitrogens with one attached hydrogen (secondary N) is 1. The molecule has 0 aromatic heterocycles. The minimum atomic E-state index is -0.767. The fourth-order valence-corrected chi connectivity index (χ4v) is 0.450. The van der Waals surface area contributed by atoms with Crippen molar-refractivity contribution < 1.29 is 9.90 Å². The third-order valence-corrected chi connectivity index (χ3v) is 1.13. The van der Waals surface area contributed by atoms with Gasteiger partial charge in [-0.25, -0.2) is 0 Å². The number of rotatable bonds is 4. The highest BCUT2D eigenvalue weighted by Gasteiger charge is 2.07. The van der Waals surface area contributed by atoms with Crippen LogP contribution < -0.4 is 5.32 Å². The summed E-state index contributed by atoms with van der Waals surface area (Å²) in [6, 6.07) is 0. The van der Waals surface area contributed by atoms with Crippen molar-refractivity contribution in [2.75, 3.05) is 6.54 Å². The monoisotopic (exact) mass is 171 g/mol. The van der Waals surface area contributed by atoms with Gasteiger partial charge in [0.1, 0.15) is 0 Å². The maximum atomic E-state index is 10.2. The molecule has 0 amide bonds. The number of allylic oxidation sites excluding steroid dienone is 1. The predicted octanol–water partition coefficient (Wildman–Crippen LogP) is 1.63. The molecule has 1 unspecified atom stereocenters. The Kier molecular flexibility index (Phi) is 10.8. The van der Waals surface area contributed by atoms with E-state index in [9.17, 15) is 4.79 Å². The van der Waals surface area contributed by atoms with Crippen molar-refractivity contribution in [3.8, 4) is 0 Å². The van der Waals surface area contributed by atoms with Gasteiger partial charge in [0.25, 0.3) is 0 Å². The Morgan fingerprint density at radius 2 is 2.17 bits per heavy atom. The van der Waals surface area contributed by atoms with Crippen LogP contribution >= 0.6 is 0 Å². The standard InChI is InChI=1S/C7H13NO2.C2H4/c1-3-4-8-5-6(2)7(9)10;1-2/h3-4,6,8H,5H2,1-2H3,(H,9,10);1-2H2. The summed E-state index contributed by atoms with van der Waals surface area (Å²) in [6.45, 7) is 10.0. The van der Waals surface area contributed by atoms with Crippen molar-refractivity contribution in [3.63, 3.8) is 0 Å². The molecule has 0 aliphatic rings. The molecule has 12 heavy (non-hydrogen) atoms. The highest BCUT2D eigenvalue weighted by atomic mass is 16.4. The van der Waals surface area contributed by atoms with E-state index in [0.717, 1.165) is 0 Å². The third kappa shape index (κ3) is 8.75. The second kappa shape index (κ2) is 9.75. The fourth-order valence-electron chi connectivity index (χ4n) is 0.450. The van der Waals surface area contributed by atoms with Gasteiger partial charge in [-0.3, -0.25) is 4.79 Å². The van der Waals surface area contributed by atoms with Gasteiger partial charge >= 0.3 is 5.97 Å². The van der Waals surface area contributed by atoms with Crippen LogP contribution in [-0.2, 0) is 4.79 Å². The molecule has 0 bridgehead atoms. The number of aliphatic carboxylic acids is 1. The minimum absolute atomic E-state index is 0.323. The zero-order valence-corrected chi connectivity index (χ0v) is 7.71. The van der Waals surface area contributed by atoms with Crippen LogP contribution in [0.5, 0.6) is 0 Å². The molecule has 0 fully saturated rings. The zero-order valence-electron chi connectivity index (χ0n) is 7.71. The number of hydrogen-bond acceptors (Lipinski definition) is 2. The largest absolute Gasteiger partial charge is 0.481 e. The van der Waals surface area contributed by atoms with Crippen molar-refractivity contribution in [2.24, 2.45) is 5.92 Å². The van der Waals surface area contributed by atoms with E-state index in [2.05, 4.69) is 18.5 Å². The molecule has 0 aromatic carbocycles. The quantitative estimate of drug-likeness (QED) is 0.632. The molecule has 0 saturated heterocycles. The molecule has 3 heteroatoms. The second-order valence-electron chi connectivity index (χ2n) is 2.15. The van der Waals surface area contributed by atoms with Crippen LogP contribution in [0.25, 0.3) is 0 Å². The first-order valence-corrected chi connectivity index (χ1v) is 3.75. The van der Waals surface area contributed by atoms with Crippen LogP contribution in [0.4, 0.5) is 0 Å². The van der Waals surface area contributed by atoms with Gasteiger partial charge < -0.3 is 10.4 Å². The summed E-state index contributed by atoms with van der Waals surface area (Å²) in [6.07, 6.45) is 3.56. The first-order valence-electron chi connectivity index (χ1n) is 3.75. The van der Waals surface area contributed by atoms with E-state index in [-0.39, 0.29) is 5.92 Å². The maximum Gasteiger partial charge on any atom is 0.307 e. The van der Waals surface area contributed by atoms with Crippen molar-refractivity contribution in [2.45, 2.75) is 13.8 Å². The van der Waals surface area contributed by atoms with E-state index < -0.39 is 5.97 Å². The third-order valence-electron chi connectivity index (χ3n) is 1.13. The van der Waals surface area contributed by atoms with Crippen LogP contribution in [0, 0.1) is 5.92 Å². The lowest BCUT2D eigenvalue weighted by molar-refractivity contribution is -0.140. The summed E-state index contributed by atoms with van der Waals surface area (Å²) < 4.78 is 0. The van der Waals surface area contributed by atoms with E-state index in [4.69, 9.17) is 5.11 Å². The molecule has 0 aliphatic heterocycles.